The summed E-state index contributed by atoms with van der Waals surface area (Å²) in [5.74, 6) is 0.491. The number of carbonyl (C=O) groups is 2. The predicted octanol–water partition coefficient (Wildman–Crippen LogP) is 0.352. The van der Waals surface area contributed by atoms with Gasteiger partial charge in [0.25, 0.3) is 0 Å². The van der Waals surface area contributed by atoms with Gasteiger partial charge in [-0.2, -0.15) is 0 Å². The SMILES string of the molecule is CC1(C(=O)N2CCN3C(=O)CCC3C2)CCCCN1. The molecule has 3 fully saturated rings. The van der Waals surface area contributed by atoms with E-state index in [9.17, 15) is 9.59 Å². The van der Waals surface area contributed by atoms with E-state index in [0.29, 0.717) is 19.5 Å². The van der Waals surface area contributed by atoms with Gasteiger partial charge in [-0.3, -0.25) is 9.59 Å². The highest BCUT2D eigenvalue weighted by atomic mass is 16.2. The molecule has 3 saturated heterocycles. The second-order valence-electron chi connectivity index (χ2n) is 6.25. The van der Waals surface area contributed by atoms with Crippen molar-refractivity contribution >= 4 is 11.8 Å². The second-order valence-corrected chi connectivity index (χ2v) is 6.25. The van der Waals surface area contributed by atoms with E-state index < -0.39 is 0 Å². The number of carbonyl (C=O) groups excluding carboxylic acids is 2. The molecule has 19 heavy (non-hydrogen) atoms. The maximum absolute atomic E-state index is 12.7. The minimum absolute atomic E-state index is 0.228. The molecular weight excluding hydrogens is 242 g/mol. The van der Waals surface area contributed by atoms with E-state index >= 15 is 0 Å². The summed E-state index contributed by atoms with van der Waals surface area (Å²) in [5, 5.41) is 3.39. The molecule has 2 amide bonds. The van der Waals surface area contributed by atoms with Crippen molar-refractivity contribution in [2.45, 2.75) is 50.6 Å². The lowest BCUT2D eigenvalue weighted by molar-refractivity contribution is -0.144. The van der Waals surface area contributed by atoms with Crippen molar-refractivity contribution < 1.29 is 9.59 Å². The molecule has 3 heterocycles. The minimum atomic E-state index is -0.386. The van der Waals surface area contributed by atoms with Crippen LogP contribution < -0.4 is 5.32 Å². The minimum Gasteiger partial charge on any atom is -0.337 e. The molecule has 106 valence electrons. The van der Waals surface area contributed by atoms with Gasteiger partial charge in [-0.15, -0.1) is 0 Å². The monoisotopic (exact) mass is 265 g/mol. The number of piperazine rings is 1. The summed E-state index contributed by atoms with van der Waals surface area (Å²) in [4.78, 5) is 28.3. The maximum atomic E-state index is 12.7. The van der Waals surface area contributed by atoms with Crippen LogP contribution in [-0.2, 0) is 9.59 Å². The third-order valence-corrected chi connectivity index (χ3v) is 4.87. The Labute approximate surface area is 114 Å². The Hall–Kier alpha value is -1.10. The van der Waals surface area contributed by atoms with Gasteiger partial charge in [0.15, 0.2) is 0 Å². The first-order valence-corrected chi connectivity index (χ1v) is 7.44. The lowest BCUT2D eigenvalue weighted by atomic mass is 9.89. The van der Waals surface area contributed by atoms with E-state index in [2.05, 4.69) is 5.32 Å². The predicted molar refractivity (Wildman–Crippen MR) is 71.6 cm³/mol. The maximum Gasteiger partial charge on any atom is 0.242 e. The van der Waals surface area contributed by atoms with E-state index in [1.165, 1.54) is 0 Å². The van der Waals surface area contributed by atoms with Crippen LogP contribution in [0.2, 0.25) is 0 Å². The molecule has 0 bridgehead atoms. The quantitative estimate of drug-likeness (QED) is 0.744. The molecule has 0 aromatic rings. The summed E-state index contributed by atoms with van der Waals surface area (Å²) < 4.78 is 0. The van der Waals surface area contributed by atoms with Gasteiger partial charge < -0.3 is 15.1 Å². The molecule has 3 aliphatic rings. The molecule has 0 radical (unpaired) electrons. The first kappa shape index (κ1) is 12.9. The average molecular weight is 265 g/mol. The van der Waals surface area contributed by atoms with Crippen LogP contribution in [0.25, 0.3) is 0 Å². The topological polar surface area (TPSA) is 52.7 Å². The molecule has 0 aromatic heterocycles. The summed E-state index contributed by atoms with van der Waals surface area (Å²) in [6.45, 7) is 5.09. The van der Waals surface area contributed by atoms with Gasteiger partial charge in [-0.05, 0) is 39.2 Å². The fourth-order valence-corrected chi connectivity index (χ4v) is 3.64. The highest BCUT2D eigenvalue weighted by molar-refractivity contribution is 5.87. The number of nitrogens with one attached hydrogen (secondary N) is 1. The zero-order valence-electron chi connectivity index (χ0n) is 11.7. The molecule has 3 aliphatic heterocycles. The van der Waals surface area contributed by atoms with E-state index in [0.717, 1.165) is 38.8 Å². The summed E-state index contributed by atoms with van der Waals surface area (Å²) in [5.41, 5.74) is -0.386. The average Bonchev–Trinajstić information content (AvgIpc) is 2.80. The van der Waals surface area contributed by atoms with Gasteiger partial charge in [0.05, 0.1) is 5.54 Å². The molecule has 2 unspecified atom stereocenters. The molecule has 0 aromatic carbocycles. The Bertz CT molecular complexity index is 390. The molecular formula is C14H23N3O2. The first-order chi connectivity index (χ1) is 9.10. The van der Waals surface area contributed by atoms with Gasteiger partial charge >= 0.3 is 0 Å². The molecule has 2 atom stereocenters. The fourth-order valence-electron chi connectivity index (χ4n) is 3.64. The number of nitrogens with zero attached hydrogens (tertiary/aromatic N) is 2. The van der Waals surface area contributed by atoms with Crippen LogP contribution in [-0.4, -0.2) is 59.4 Å². The van der Waals surface area contributed by atoms with Crippen LogP contribution in [0.4, 0.5) is 0 Å². The Morgan fingerprint density at radius 2 is 2.21 bits per heavy atom. The van der Waals surface area contributed by atoms with Crippen molar-refractivity contribution in [2.24, 2.45) is 0 Å². The fraction of sp³-hybridized carbons (Fsp3) is 0.857. The molecule has 0 aliphatic carbocycles. The van der Waals surface area contributed by atoms with Crippen LogP contribution in [0.1, 0.15) is 39.0 Å². The summed E-state index contributed by atoms with van der Waals surface area (Å²) in [7, 11) is 0. The summed E-state index contributed by atoms with van der Waals surface area (Å²) >= 11 is 0. The number of rotatable bonds is 1. The Morgan fingerprint density at radius 3 is 2.95 bits per heavy atom. The lowest BCUT2D eigenvalue weighted by Gasteiger charge is -2.43. The number of fused-ring (bicyclic) bond motifs is 1. The number of piperidine rings is 1. The normalized spacial score (nSPS) is 35.4. The van der Waals surface area contributed by atoms with Gasteiger partial charge in [0.2, 0.25) is 11.8 Å². The van der Waals surface area contributed by atoms with Crippen LogP contribution >= 0.6 is 0 Å². The summed E-state index contributed by atoms with van der Waals surface area (Å²) in [6, 6.07) is 0.261. The second kappa shape index (κ2) is 4.78. The Morgan fingerprint density at radius 1 is 1.37 bits per heavy atom. The molecule has 5 nitrogen and oxygen atoms in total. The molecule has 0 saturated carbocycles. The van der Waals surface area contributed by atoms with Crippen LogP contribution in [0.15, 0.2) is 0 Å². The Balaban J connectivity index is 1.66. The summed E-state index contributed by atoms with van der Waals surface area (Å²) in [6.07, 6.45) is 4.77. The van der Waals surface area contributed by atoms with Crippen LogP contribution in [0.5, 0.6) is 0 Å². The highest BCUT2D eigenvalue weighted by Crippen LogP contribution is 2.26. The van der Waals surface area contributed by atoms with Gasteiger partial charge in [0.1, 0.15) is 0 Å². The zero-order chi connectivity index (χ0) is 13.5. The van der Waals surface area contributed by atoms with Gasteiger partial charge in [0, 0.05) is 32.1 Å². The largest absolute Gasteiger partial charge is 0.337 e. The van der Waals surface area contributed by atoms with Gasteiger partial charge in [-0.1, -0.05) is 0 Å². The van der Waals surface area contributed by atoms with Crippen molar-refractivity contribution in [1.29, 1.82) is 0 Å². The Kier molecular flexibility index (Phi) is 3.25. The number of amides is 2. The van der Waals surface area contributed by atoms with Crippen molar-refractivity contribution in [3.63, 3.8) is 0 Å². The van der Waals surface area contributed by atoms with E-state index in [-0.39, 0.29) is 23.4 Å². The number of hydrogen-bond donors (Lipinski definition) is 1. The zero-order valence-corrected chi connectivity index (χ0v) is 11.7. The third kappa shape index (κ3) is 2.24. The van der Waals surface area contributed by atoms with Crippen LogP contribution in [0.3, 0.4) is 0 Å². The molecule has 0 spiro atoms. The number of hydrogen-bond acceptors (Lipinski definition) is 3. The highest BCUT2D eigenvalue weighted by Gasteiger charge is 2.42. The van der Waals surface area contributed by atoms with Crippen molar-refractivity contribution in [3.05, 3.63) is 0 Å². The first-order valence-electron chi connectivity index (χ1n) is 7.44. The van der Waals surface area contributed by atoms with Gasteiger partial charge in [-0.25, -0.2) is 0 Å². The van der Waals surface area contributed by atoms with Crippen LogP contribution in [0, 0.1) is 0 Å². The van der Waals surface area contributed by atoms with Crippen molar-refractivity contribution in [1.82, 2.24) is 15.1 Å². The van der Waals surface area contributed by atoms with Crippen molar-refractivity contribution in [2.75, 3.05) is 26.2 Å². The van der Waals surface area contributed by atoms with E-state index in [1.54, 1.807) is 0 Å². The van der Waals surface area contributed by atoms with E-state index in [1.807, 2.05) is 16.7 Å². The van der Waals surface area contributed by atoms with E-state index in [4.69, 9.17) is 0 Å². The lowest BCUT2D eigenvalue weighted by Crippen LogP contribution is -2.62. The third-order valence-electron chi connectivity index (χ3n) is 4.87. The molecule has 5 heteroatoms. The molecule has 1 N–H and O–H groups in total. The smallest absolute Gasteiger partial charge is 0.242 e. The van der Waals surface area contributed by atoms with Crippen molar-refractivity contribution in [3.8, 4) is 0 Å². The standard InChI is InChI=1S/C14H23N3O2/c1-14(6-2-3-7-15-14)13(19)16-8-9-17-11(10-16)4-5-12(17)18/h11,15H,2-10H2,1H3. The molecule has 3 rings (SSSR count).